The van der Waals surface area contributed by atoms with E-state index >= 15 is 0 Å². The fourth-order valence-corrected chi connectivity index (χ4v) is 1.72. The lowest BCUT2D eigenvalue weighted by atomic mass is 10.1. The van der Waals surface area contributed by atoms with Crippen LogP contribution in [0.1, 0.15) is 25.0 Å². The van der Waals surface area contributed by atoms with Crippen LogP contribution in [0.2, 0.25) is 5.02 Å². The summed E-state index contributed by atoms with van der Waals surface area (Å²) in [6, 6.07) is 14.5. The summed E-state index contributed by atoms with van der Waals surface area (Å²) in [5.41, 5.74) is 2.12. The average molecular weight is 267 g/mol. The highest BCUT2D eigenvalue weighted by molar-refractivity contribution is 6.31. The molecule has 0 amide bonds. The molecular formula is C15H16ClFO. The summed E-state index contributed by atoms with van der Waals surface area (Å²) in [5, 5.41) is 0.744. The van der Waals surface area contributed by atoms with Crippen molar-refractivity contribution < 1.29 is 9.47 Å². The van der Waals surface area contributed by atoms with Crippen LogP contribution < -0.4 is 4.94 Å². The number of halogens is 2. The minimum absolute atomic E-state index is 0.211. The van der Waals surface area contributed by atoms with Crippen LogP contribution in [0.15, 0.2) is 48.5 Å². The van der Waals surface area contributed by atoms with Crippen LogP contribution in [0, 0.1) is 0 Å². The van der Waals surface area contributed by atoms with Gasteiger partial charge in [-0.2, -0.15) is 0 Å². The Bertz CT molecular complexity index is 468. The maximum Gasteiger partial charge on any atom is 0.171 e. The predicted molar refractivity (Wildman–Crippen MR) is 73.8 cm³/mol. The van der Waals surface area contributed by atoms with Crippen LogP contribution in [0.5, 0.6) is 5.75 Å². The van der Waals surface area contributed by atoms with Gasteiger partial charge in [-0.25, -0.2) is 0 Å². The van der Waals surface area contributed by atoms with Crippen molar-refractivity contribution in [2.24, 2.45) is 0 Å². The first kappa shape index (κ1) is 14.5. The van der Waals surface area contributed by atoms with Crippen molar-refractivity contribution in [3.63, 3.8) is 0 Å². The molecule has 3 heteroatoms. The van der Waals surface area contributed by atoms with E-state index < -0.39 is 0 Å². The fraction of sp³-hybridized carbons (Fsp3) is 0.200. The summed E-state index contributed by atoms with van der Waals surface area (Å²) < 4.78 is 11.8. The van der Waals surface area contributed by atoms with Crippen molar-refractivity contribution in [3.05, 3.63) is 64.7 Å². The van der Waals surface area contributed by atoms with E-state index in [1.54, 1.807) is 12.1 Å². The standard InChI is InChI=1S/C13H10ClFO.C2H6/c14-13-4-2-1-3-11(13)9-10-5-7-12(16-15)8-6-10;1-2/h1-8H,9H2;1-2H3. The van der Waals surface area contributed by atoms with Gasteiger partial charge in [-0.05, 0) is 35.7 Å². The van der Waals surface area contributed by atoms with Crippen LogP contribution in [0.4, 0.5) is 4.53 Å². The van der Waals surface area contributed by atoms with Crippen molar-refractivity contribution in [2.45, 2.75) is 20.3 Å². The van der Waals surface area contributed by atoms with E-state index in [-0.39, 0.29) is 5.75 Å². The van der Waals surface area contributed by atoms with Gasteiger partial charge in [0.1, 0.15) is 0 Å². The lowest BCUT2D eigenvalue weighted by Gasteiger charge is -2.04. The minimum Gasteiger partial charge on any atom is -0.294 e. The number of benzene rings is 2. The molecule has 0 aromatic heterocycles. The second-order valence-electron chi connectivity index (χ2n) is 3.49. The molecule has 18 heavy (non-hydrogen) atoms. The monoisotopic (exact) mass is 266 g/mol. The van der Waals surface area contributed by atoms with Gasteiger partial charge in [0.05, 0.1) is 0 Å². The van der Waals surface area contributed by atoms with Crippen LogP contribution in [-0.4, -0.2) is 0 Å². The highest BCUT2D eigenvalue weighted by Gasteiger charge is 2.01. The maximum absolute atomic E-state index is 11.8. The van der Waals surface area contributed by atoms with Gasteiger partial charge in [-0.3, -0.25) is 4.94 Å². The largest absolute Gasteiger partial charge is 0.294 e. The Labute approximate surface area is 112 Å². The van der Waals surface area contributed by atoms with Gasteiger partial charge in [0.2, 0.25) is 0 Å². The molecule has 0 aliphatic carbocycles. The SMILES string of the molecule is CC.FOc1ccc(Cc2ccccc2Cl)cc1. The highest BCUT2D eigenvalue weighted by atomic mass is 35.5. The third-order valence-electron chi connectivity index (χ3n) is 2.36. The second kappa shape index (κ2) is 7.72. The molecule has 0 saturated carbocycles. The van der Waals surface area contributed by atoms with Gasteiger partial charge in [-0.1, -0.05) is 55.8 Å². The van der Waals surface area contributed by atoms with E-state index in [2.05, 4.69) is 4.94 Å². The minimum atomic E-state index is 0.211. The molecule has 96 valence electrons. The molecule has 0 spiro atoms. The molecule has 2 aromatic carbocycles. The smallest absolute Gasteiger partial charge is 0.171 e. The molecule has 2 rings (SSSR count). The van der Waals surface area contributed by atoms with E-state index in [1.165, 1.54) is 0 Å². The van der Waals surface area contributed by atoms with E-state index in [0.29, 0.717) is 0 Å². The van der Waals surface area contributed by atoms with Gasteiger partial charge in [0.15, 0.2) is 5.75 Å². The van der Waals surface area contributed by atoms with E-state index in [0.717, 1.165) is 22.6 Å². The van der Waals surface area contributed by atoms with Crippen molar-refractivity contribution in [1.82, 2.24) is 0 Å². The van der Waals surface area contributed by atoms with Crippen molar-refractivity contribution >= 4 is 11.6 Å². The lowest BCUT2D eigenvalue weighted by Crippen LogP contribution is -1.89. The molecule has 0 aliphatic heterocycles. The molecule has 0 bridgehead atoms. The first-order valence-corrected chi connectivity index (χ1v) is 6.28. The van der Waals surface area contributed by atoms with E-state index in [4.69, 9.17) is 11.6 Å². The average Bonchev–Trinajstić information content (AvgIpc) is 2.44. The summed E-state index contributed by atoms with van der Waals surface area (Å²) >= 11 is 6.05. The Kier molecular flexibility index (Phi) is 6.23. The first-order valence-electron chi connectivity index (χ1n) is 5.90. The molecule has 1 nitrogen and oxygen atoms in total. The zero-order chi connectivity index (χ0) is 13.4. The first-order chi connectivity index (χ1) is 8.79. The van der Waals surface area contributed by atoms with Gasteiger partial charge in [0.25, 0.3) is 0 Å². The highest BCUT2D eigenvalue weighted by Crippen LogP contribution is 2.20. The fourth-order valence-electron chi connectivity index (χ4n) is 1.52. The third-order valence-corrected chi connectivity index (χ3v) is 2.73. The summed E-state index contributed by atoms with van der Waals surface area (Å²) in [5.74, 6) is 0.211. The van der Waals surface area contributed by atoms with E-state index in [9.17, 15) is 4.53 Å². The Morgan fingerprint density at radius 3 is 2.17 bits per heavy atom. The summed E-state index contributed by atoms with van der Waals surface area (Å²) in [7, 11) is 0. The van der Waals surface area contributed by atoms with Crippen LogP contribution >= 0.6 is 11.6 Å². The topological polar surface area (TPSA) is 9.23 Å². The Balaban J connectivity index is 0.000000771. The summed E-state index contributed by atoms with van der Waals surface area (Å²) in [6.07, 6.45) is 0.728. The quantitative estimate of drug-likeness (QED) is 0.740. The Morgan fingerprint density at radius 2 is 1.61 bits per heavy atom. The molecule has 0 heterocycles. The number of hydrogen-bond acceptors (Lipinski definition) is 1. The number of hydrogen-bond donors (Lipinski definition) is 0. The molecule has 0 atom stereocenters. The summed E-state index contributed by atoms with van der Waals surface area (Å²) in [6.45, 7) is 4.00. The summed E-state index contributed by atoms with van der Waals surface area (Å²) in [4.78, 5) is 3.62. The second-order valence-corrected chi connectivity index (χ2v) is 3.90. The van der Waals surface area contributed by atoms with E-state index in [1.807, 2.05) is 50.2 Å². The molecule has 0 radical (unpaired) electrons. The van der Waals surface area contributed by atoms with Gasteiger partial charge in [0, 0.05) is 9.55 Å². The van der Waals surface area contributed by atoms with Gasteiger partial charge in [-0.15, -0.1) is 0 Å². The molecular weight excluding hydrogens is 251 g/mol. The predicted octanol–water partition coefficient (Wildman–Crippen LogP) is 5.22. The molecule has 2 aromatic rings. The molecule has 0 saturated heterocycles. The zero-order valence-corrected chi connectivity index (χ0v) is 11.2. The van der Waals surface area contributed by atoms with Crippen molar-refractivity contribution in [1.29, 1.82) is 0 Å². The van der Waals surface area contributed by atoms with Gasteiger partial charge >= 0.3 is 0 Å². The van der Waals surface area contributed by atoms with Crippen LogP contribution in [0.3, 0.4) is 0 Å². The van der Waals surface area contributed by atoms with Crippen molar-refractivity contribution in [2.75, 3.05) is 0 Å². The molecule has 0 aliphatic rings. The van der Waals surface area contributed by atoms with Crippen LogP contribution in [-0.2, 0) is 6.42 Å². The van der Waals surface area contributed by atoms with Crippen LogP contribution in [0.25, 0.3) is 0 Å². The van der Waals surface area contributed by atoms with Gasteiger partial charge < -0.3 is 0 Å². The molecule has 0 N–H and O–H groups in total. The molecule has 0 unspecified atom stereocenters. The maximum atomic E-state index is 11.8. The number of rotatable bonds is 3. The van der Waals surface area contributed by atoms with Crippen molar-refractivity contribution in [3.8, 4) is 5.75 Å². The normalized spacial score (nSPS) is 9.33. The lowest BCUT2D eigenvalue weighted by molar-refractivity contribution is -0.00621. The molecule has 0 fully saturated rings. The Hall–Kier alpha value is -1.54. The zero-order valence-electron chi connectivity index (χ0n) is 10.5. The third kappa shape index (κ3) is 4.04. The Morgan fingerprint density at radius 1 is 1.00 bits per heavy atom.